The zero-order chi connectivity index (χ0) is 23.2. The number of nitrogens with two attached hydrogens (primary N) is 1. The van der Waals surface area contributed by atoms with Gasteiger partial charge < -0.3 is 26.2 Å². The Morgan fingerprint density at radius 3 is 2.32 bits per heavy atom. The quantitative estimate of drug-likeness (QED) is 0.335. The summed E-state index contributed by atoms with van der Waals surface area (Å²) in [6.45, 7) is 5.55. The number of rotatable bonds is 1. The Morgan fingerprint density at radius 1 is 1.13 bits per heavy atom. The first-order valence-electron chi connectivity index (χ1n) is 10.1. The molecule has 31 heavy (non-hydrogen) atoms. The summed E-state index contributed by atoms with van der Waals surface area (Å²) in [5.41, 5.74) is 2.66. The van der Waals surface area contributed by atoms with Crippen molar-refractivity contribution in [3.63, 3.8) is 0 Å². The number of hydrogen-bond donors (Lipinski definition) is 5. The van der Waals surface area contributed by atoms with Crippen LogP contribution in [0.4, 0.5) is 0 Å². The van der Waals surface area contributed by atoms with E-state index in [0.717, 1.165) is 6.92 Å². The Labute approximate surface area is 178 Å². The number of aliphatic hydroxyl groups is 3. The number of aryl methyl sites for hydroxylation is 1. The van der Waals surface area contributed by atoms with Crippen LogP contribution in [-0.4, -0.2) is 43.8 Å². The first-order valence-corrected chi connectivity index (χ1v) is 10.1. The molecule has 0 aliphatic heterocycles. The summed E-state index contributed by atoms with van der Waals surface area (Å²) in [5, 5.41) is 43.5. The van der Waals surface area contributed by atoms with Crippen LogP contribution in [0.2, 0.25) is 0 Å². The van der Waals surface area contributed by atoms with Crippen LogP contribution < -0.4 is 5.73 Å². The first kappa shape index (κ1) is 21.3. The lowest BCUT2D eigenvalue weighted by molar-refractivity contribution is -0.148. The van der Waals surface area contributed by atoms with Gasteiger partial charge in [-0.2, -0.15) is 0 Å². The molecule has 3 aliphatic rings. The summed E-state index contributed by atoms with van der Waals surface area (Å²) in [6.07, 6.45) is 0.00482. The van der Waals surface area contributed by atoms with E-state index in [1.54, 1.807) is 19.1 Å². The molecular weight excluding hydrogens is 402 g/mol. The summed E-state index contributed by atoms with van der Waals surface area (Å²) in [5.74, 6) is -5.50. The highest BCUT2D eigenvalue weighted by atomic mass is 16.3. The average molecular weight is 427 g/mol. The molecule has 8 nitrogen and oxygen atoms in total. The van der Waals surface area contributed by atoms with Crippen molar-refractivity contribution >= 4 is 23.1 Å². The van der Waals surface area contributed by atoms with Gasteiger partial charge in [-0.05, 0) is 45.2 Å². The van der Waals surface area contributed by atoms with E-state index in [1.807, 2.05) is 0 Å². The molecule has 0 spiro atoms. The number of aromatic hydroxyl groups is 1. The summed E-state index contributed by atoms with van der Waals surface area (Å²) in [6, 6.07) is 2.00. The van der Waals surface area contributed by atoms with E-state index in [1.165, 1.54) is 13.8 Å². The molecule has 164 valence electrons. The zero-order valence-corrected chi connectivity index (χ0v) is 17.7. The van der Waals surface area contributed by atoms with E-state index < -0.39 is 63.3 Å². The van der Waals surface area contributed by atoms with Crippen molar-refractivity contribution in [1.29, 1.82) is 0 Å². The Kier molecular flexibility index (Phi) is 4.30. The van der Waals surface area contributed by atoms with Gasteiger partial charge in [-0.25, -0.2) is 0 Å². The number of carbonyl (C=O) groups excluding carboxylic acids is 3. The van der Waals surface area contributed by atoms with E-state index in [0.29, 0.717) is 5.56 Å². The maximum absolute atomic E-state index is 13.7. The first-order chi connectivity index (χ1) is 14.3. The topological polar surface area (TPSA) is 158 Å². The normalized spacial score (nSPS) is 35.0. The zero-order valence-electron chi connectivity index (χ0n) is 17.7. The smallest absolute Gasteiger partial charge is 0.183 e. The van der Waals surface area contributed by atoms with Gasteiger partial charge in [0.15, 0.2) is 17.3 Å². The van der Waals surface area contributed by atoms with Gasteiger partial charge in [0, 0.05) is 17.4 Å². The molecule has 1 aromatic rings. The molecule has 1 fully saturated rings. The largest absolute Gasteiger partial charge is 0.510 e. The second-order valence-corrected chi connectivity index (χ2v) is 9.16. The Morgan fingerprint density at radius 2 is 1.74 bits per heavy atom. The van der Waals surface area contributed by atoms with Gasteiger partial charge in [0.25, 0.3) is 0 Å². The van der Waals surface area contributed by atoms with Crippen LogP contribution in [0.5, 0.6) is 5.75 Å². The maximum atomic E-state index is 13.7. The summed E-state index contributed by atoms with van der Waals surface area (Å²) in [7, 11) is 0. The van der Waals surface area contributed by atoms with Crippen LogP contribution in [-0.2, 0) is 20.0 Å². The maximum Gasteiger partial charge on any atom is 0.183 e. The van der Waals surface area contributed by atoms with Gasteiger partial charge in [-0.1, -0.05) is 12.1 Å². The molecular formula is C23H25NO7. The SMILES string of the molecule is CC(=O)C1=C(O)[C@H](N)C2CC3C(=C(O)c4c(ccc(C)c4O)C3(C)O)C(=O)C2(C)C1=O. The Hall–Kier alpha value is -2.97. The monoisotopic (exact) mass is 427 g/mol. The number of Topliss-reactive ketones (excluding diaryl/α,β-unsaturated/α-hetero) is 3. The van der Waals surface area contributed by atoms with Crippen molar-refractivity contribution in [2.24, 2.45) is 23.0 Å². The molecule has 0 radical (unpaired) electrons. The van der Waals surface area contributed by atoms with Gasteiger partial charge in [0.2, 0.25) is 0 Å². The number of phenols is 1. The van der Waals surface area contributed by atoms with Crippen molar-refractivity contribution in [2.75, 3.05) is 0 Å². The van der Waals surface area contributed by atoms with E-state index in [2.05, 4.69) is 0 Å². The molecule has 5 atom stereocenters. The van der Waals surface area contributed by atoms with Crippen LogP contribution in [0, 0.1) is 24.2 Å². The fraction of sp³-hybridized carbons (Fsp3) is 0.435. The second-order valence-electron chi connectivity index (χ2n) is 9.16. The average Bonchev–Trinajstić information content (AvgIpc) is 2.68. The van der Waals surface area contributed by atoms with E-state index in [-0.39, 0.29) is 28.9 Å². The van der Waals surface area contributed by atoms with Crippen molar-refractivity contribution < 1.29 is 34.8 Å². The Bertz CT molecular complexity index is 1140. The van der Waals surface area contributed by atoms with Gasteiger partial charge in [0.05, 0.1) is 22.6 Å². The van der Waals surface area contributed by atoms with Crippen LogP contribution in [0.1, 0.15) is 43.9 Å². The molecule has 0 aromatic heterocycles. The fourth-order valence-corrected chi connectivity index (χ4v) is 5.53. The lowest BCUT2D eigenvalue weighted by atomic mass is 9.50. The lowest BCUT2D eigenvalue weighted by Crippen LogP contribution is -2.62. The minimum absolute atomic E-state index is 0.00482. The predicted molar refractivity (Wildman–Crippen MR) is 110 cm³/mol. The minimum Gasteiger partial charge on any atom is -0.510 e. The summed E-state index contributed by atoms with van der Waals surface area (Å²) in [4.78, 5) is 39.1. The van der Waals surface area contributed by atoms with Crippen molar-refractivity contribution in [1.82, 2.24) is 0 Å². The standard InChI is InChI=1S/C23H25NO7/c1-8-5-6-10-14(17(8)26)18(27)15-11(23(10,4)31)7-12-16(24)19(28)13(9(2)25)20(29)22(12,3)21(15)30/h5-6,11-12,16,26-28,31H,7,24H2,1-4H3/t11?,12?,16-,22?,23?/m1/s1. The van der Waals surface area contributed by atoms with Crippen LogP contribution in [0.15, 0.2) is 29.0 Å². The summed E-state index contributed by atoms with van der Waals surface area (Å²) < 4.78 is 0. The van der Waals surface area contributed by atoms with E-state index in [4.69, 9.17) is 5.73 Å². The van der Waals surface area contributed by atoms with Crippen molar-refractivity contribution in [3.8, 4) is 5.75 Å². The third kappa shape index (κ3) is 2.40. The van der Waals surface area contributed by atoms with Crippen LogP contribution in [0.3, 0.4) is 0 Å². The highest BCUT2D eigenvalue weighted by Crippen LogP contribution is 2.58. The van der Waals surface area contributed by atoms with Crippen molar-refractivity contribution in [3.05, 3.63) is 45.7 Å². The molecule has 6 N–H and O–H groups in total. The molecule has 0 amide bonds. The highest BCUT2D eigenvalue weighted by Gasteiger charge is 2.64. The lowest BCUT2D eigenvalue weighted by Gasteiger charge is -2.52. The number of allylic oxidation sites excluding steroid dienone is 1. The third-order valence-electron chi connectivity index (χ3n) is 7.45. The Balaban J connectivity index is 2.02. The van der Waals surface area contributed by atoms with Gasteiger partial charge in [0.1, 0.15) is 22.8 Å². The number of aliphatic hydroxyl groups excluding tert-OH is 2. The molecule has 3 aliphatic carbocycles. The molecule has 1 aromatic carbocycles. The molecule has 0 saturated heterocycles. The number of phenolic OH excluding ortho intramolecular Hbond substituents is 1. The van der Waals surface area contributed by atoms with E-state index in [9.17, 15) is 34.8 Å². The van der Waals surface area contributed by atoms with Gasteiger partial charge in [-0.15, -0.1) is 0 Å². The van der Waals surface area contributed by atoms with Crippen LogP contribution in [0.25, 0.3) is 5.76 Å². The molecule has 1 saturated carbocycles. The minimum atomic E-state index is -1.81. The second kappa shape index (κ2) is 6.27. The van der Waals surface area contributed by atoms with Crippen LogP contribution >= 0.6 is 0 Å². The summed E-state index contributed by atoms with van der Waals surface area (Å²) >= 11 is 0. The number of hydrogen-bond acceptors (Lipinski definition) is 8. The van der Waals surface area contributed by atoms with E-state index >= 15 is 0 Å². The molecule has 4 rings (SSSR count). The fourth-order valence-electron chi connectivity index (χ4n) is 5.53. The number of fused-ring (bicyclic) bond motifs is 3. The van der Waals surface area contributed by atoms with Gasteiger partial charge >= 0.3 is 0 Å². The number of benzene rings is 1. The molecule has 0 bridgehead atoms. The number of ketones is 3. The number of carbonyl (C=O) groups is 3. The molecule has 8 heteroatoms. The van der Waals surface area contributed by atoms with Gasteiger partial charge in [-0.3, -0.25) is 14.4 Å². The molecule has 4 unspecified atom stereocenters. The highest BCUT2D eigenvalue weighted by molar-refractivity contribution is 6.31. The molecule has 0 heterocycles. The van der Waals surface area contributed by atoms with Crippen molar-refractivity contribution in [2.45, 2.75) is 45.8 Å². The third-order valence-corrected chi connectivity index (χ3v) is 7.45. The predicted octanol–water partition coefficient (Wildman–Crippen LogP) is 1.71.